The van der Waals surface area contributed by atoms with Crippen molar-refractivity contribution in [3.63, 3.8) is 0 Å². The van der Waals surface area contributed by atoms with Crippen molar-refractivity contribution >= 4 is 29.9 Å². The molecule has 1 saturated heterocycles. The summed E-state index contributed by atoms with van der Waals surface area (Å²) in [7, 11) is 1.80. The molecule has 6 nitrogen and oxygen atoms in total. The fourth-order valence-corrected chi connectivity index (χ4v) is 3.21. The second-order valence-electron chi connectivity index (χ2n) is 7.75. The highest BCUT2D eigenvalue weighted by Crippen LogP contribution is 2.30. The average Bonchev–Trinajstić information content (AvgIpc) is 3.55. The fourth-order valence-electron chi connectivity index (χ4n) is 3.21. The van der Waals surface area contributed by atoms with E-state index in [-0.39, 0.29) is 24.0 Å². The molecule has 2 aliphatic rings. The Kier molecular flexibility index (Phi) is 11.1. The average molecular weight is 517 g/mol. The summed E-state index contributed by atoms with van der Waals surface area (Å²) in [5, 5.41) is 6.75. The van der Waals surface area contributed by atoms with Crippen LogP contribution in [-0.2, 0) is 16.0 Å². The van der Waals surface area contributed by atoms with Crippen LogP contribution in [-0.4, -0.2) is 52.1 Å². The summed E-state index contributed by atoms with van der Waals surface area (Å²) in [5.41, 5.74) is 2.39. The van der Waals surface area contributed by atoms with E-state index in [0.717, 1.165) is 75.4 Å². The van der Waals surface area contributed by atoms with E-state index in [4.69, 9.17) is 14.2 Å². The molecule has 0 aromatic heterocycles. The van der Waals surface area contributed by atoms with Crippen LogP contribution in [0, 0.1) is 12.8 Å². The zero-order valence-corrected chi connectivity index (χ0v) is 20.1. The summed E-state index contributed by atoms with van der Waals surface area (Å²) in [6.07, 6.45) is 5.94. The van der Waals surface area contributed by atoms with Crippen molar-refractivity contribution in [1.29, 1.82) is 0 Å². The first kappa shape index (κ1) is 24.2. The smallest absolute Gasteiger partial charge is 0.191 e. The lowest BCUT2D eigenvalue weighted by Crippen LogP contribution is -2.37. The topological polar surface area (TPSA) is 64.1 Å². The maximum absolute atomic E-state index is 6.05. The molecule has 29 heavy (non-hydrogen) atoms. The SMILES string of the molecule is CN=C(NCCCOC1CCOCC1)NCc1ccc(C)cc1OCC1CC1.I. The molecule has 2 fully saturated rings. The van der Waals surface area contributed by atoms with Crippen LogP contribution >= 0.6 is 24.0 Å². The lowest BCUT2D eigenvalue weighted by molar-refractivity contribution is -0.0320. The Morgan fingerprint density at radius 3 is 2.69 bits per heavy atom. The molecule has 2 N–H and O–H groups in total. The molecular formula is C22H36IN3O3. The maximum atomic E-state index is 6.05. The van der Waals surface area contributed by atoms with E-state index in [1.165, 1.54) is 18.4 Å². The van der Waals surface area contributed by atoms with Gasteiger partial charge in [0, 0.05) is 45.5 Å². The number of nitrogens with one attached hydrogen (secondary N) is 2. The lowest BCUT2D eigenvalue weighted by atomic mass is 10.1. The first-order valence-corrected chi connectivity index (χ1v) is 10.6. The van der Waals surface area contributed by atoms with Crippen LogP contribution in [0.25, 0.3) is 0 Å². The van der Waals surface area contributed by atoms with Gasteiger partial charge in [0.2, 0.25) is 0 Å². The minimum absolute atomic E-state index is 0. The maximum Gasteiger partial charge on any atom is 0.191 e. The Hall–Kier alpha value is -1.06. The van der Waals surface area contributed by atoms with Crippen LogP contribution in [0.2, 0.25) is 0 Å². The molecular weight excluding hydrogens is 481 g/mol. The van der Waals surface area contributed by atoms with Crippen LogP contribution in [0.15, 0.2) is 23.2 Å². The van der Waals surface area contributed by atoms with Gasteiger partial charge in [0.25, 0.3) is 0 Å². The summed E-state index contributed by atoms with van der Waals surface area (Å²) in [5.74, 6) is 2.54. The largest absolute Gasteiger partial charge is 0.493 e. The van der Waals surface area contributed by atoms with Gasteiger partial charge in [0.05, 0.1) is 12.7 Å². The van der Waals surface area contributed by atoms with Gasteiger partial charge in [-0.05, 0) is 56.6 Å². The van der Waals surface area contributed by atoms with Crippen molar-refractivity contribution < 1.29 is 14.2 Å². The molecule has 1 heterocycles. The van der Waals surface area contributed by atoms with Gasteiger partial charge in [-0.2, -0.15) is 0 Å². The number of guanidine groups is 1. The van der Waals surface area contributed by atoms with Crippen molar-refractivity contribution in [1.82, 2.24) is 10.6 Å². The normalized spacial score (nSPS) is 17.5. The number of aryl methyl sites for hydroxylation is 1. The molecule has 0 bridgehead atoms. The Morgan fingerprint density at radius 2 is 1.97 bits per heavy atom. The molecule has 0 radical (unpaired) electrons. The zero-order valence-electron chi connectivity index (χ0n) is 17.7. The van der Waals surface area contributed by atoms with Gasteiger partial charge >= 0.3 is 0 Å². The number of ether oxygens (including phenoxy) is 3. The first-order chi connectivity index (χ1) is 13.7. The van der Waals surface area contributed by atoms with Crippen molar-refractivity contribution in [2.24, 2.45) is 10.9 Å². The molecule has 1 aliphatic carbocycles. The van der Waals surface area contributed by atoms with E-state index >= 15 is 0 Å². The van der Waals surface area contributed by atoms with Gasteiger partial charge in [0.1, 0.15) is 5.75 Å². The second kappa shape index (κ2) is 13.3. The number of aliphatic imine (C=N–C) groups is 1. The Balaban J connectivity index is 0.00000300. The number of halogens is 1. The van der Waals surface area contributed by atoms with E-state index in [9.17, 15) is 0 Å². The molecule has 1 aromatic carbocycles. The molecule has 3 rings (SSSR count). The third-order valence-corrected chi connectivity index (χ3v) is 5.20. The lowest BCUT2D eigenvalue weighted by Gasteiger charge is -2.22. The molecule has 0 atom stereocenters. The molecule has 1 saturated carbocycles. The minimum atomic E-state index is 0. The highest BCUT2D eigenvalue weighted by Gasteiger charge is 2.22. The monoisotopic (exact) mass is 517 g/mol. The van der Waals surface area contributed by atoms with Crippen LogP contribution < -0.4 is 15.4 Å². The van der Waals surface area contributed by atoms with E-state index in [2.05, 4.69) is 40.7 Å². The third kappa shape index (κ3) is 9.09. The summed E-state index contributed by atoms with van der Waals surface area (Å²) in [4.78, 5) is 4.32. The Morgan fingerprint density at radius 1 is 1.17 bits per heavy atom. The molecule has 1 aromatic rings. The number of nitrogens with zero attached hydrogens (tertiary/aromatic N) is 1. The predicted octanol–water partition coefficient (Wildman–Crippen LogP) is 3.65. The minimum Gasteiger partial charge on any atom is -0.493 e. The molecule has 0 spiro atoms. The summed E-state index contributed by atoms with van der Waals surface area (Å²) >= 11 is 0. The highest BCUT2D eigenvalue weighted by atomic mass is 127. The molecule has 164 valence electrons. The number of rotatable bonds is 10. The van der Waals surface area contributed by atoms with Crippen molar-refractivity contribution in [2.75, 3.05) is 40.0 Å². The first-order valence-electron chi connectivity index (χ1n) is 10.6. The molecule has 7 heteroatoms. The van der Waals surface area contributed by atoms with Gasteiger partial charge in [0.15, 0.2) is 5.96 Å². The van der Waals surface area contributed by atoms with Gasteiger partial charge in [-0.3, -0.25) is 4.99 Å². The fraction of sp³-hybridized carbons (Fsp3) is 0.682. The number of hydrogen-bond acceptors (Lipinski definition) is 4. The van der Waals surface area contributed by atoms with Crippen molar-refractivity contribution in [3.05, 3.63) is 29.3 Å². The van der Waals surface area contributed by atoms with Gasteiger partial charge in [-0.15, -0.1) is 24.0 Å². The molecule has 1 aliphatic heterocycles. The van der Waals surface area contributed by atoms with E-state index in [1.54, 1.807) is 7.05 Å². The van der Waals surface area contributed by atoms with Crippen molar-refractivity contribution in [2.45, 2.75) is 51.7 Å². The molecule has 0 unspecified atom stereocenters. The highest BCUT2D eigenvalue weighted by molar-refractivity contribution is 14.0. The Labute approximate surface area is 192 Å². The van der Waals surface area contributed by atoms with Crippen LogP contribution in [0.3, 0.4) is 0 Å². The van der Waals surface area contributed by atoms with E-state index < -0.39 is 0 Å². The van der Waals surface area contributed by atoms with Crippen LogP contribution in [0.4, 0.5) is 0 Å². The molecule has 0 amide bonds. The van der Waals surface area contributed by atoms with Gasteiger partial charge < -0.3 is 24.8 Å². The quantitative estimate of drug-likeness (QED) is 0.215. The third-order valence-electron chi connectivity index (χ3n) is 5.20. The van der Waals surface area contributed by atoms with Gasteiger partial charge in [-0.25, -0.2) is 0 Å². The number of benzene rings is 1. The zero-order chi connectivity index (χ0) is 19.6. The number of hydrogen-bond donors (Lipinski definition) is 2. The Bertz CT molecular complexity index is 632. The van der Waals surface area contributed by atoms with Crippen LogP contribution in [0.5, 0.6) is 5.75 Å². The second-order valence-corrected chi connectivity index (χ2v) is 7.75. The standard InChI is InChI=1S/C22H35N3O3.HI/c1-17-4-7-19(21(14-17)28-16-18-5-6-18)15-25-22(23-2)24-10-3-11-27-20-8-12-26-13-9-20;/h4,7,14,18,20H,3,5-6,8-13,15-16H2,1-2H3,(H2,23,24,25);1H. The van der Waals surface area contributed by atoms with E-state index in [1.807, 2.05) is 0 Å². The predicted molar refractivity (Wildman–Crippen MR) is 127 cm³/mol. The summed E-state index contributed by atoms with van der Waals surface area (Å²) in [6.45, 7) is 6.88. The summed E-state index contributed by atoms with van der Waals surface area (Å²) in [6, 6.07) is 6.40. The summed E-state index contributed by atoms with van der Waals surface area (Å²) < 4.78 is 17.3. The van der Waals surface area contributed by atoms with Crippen molar-refractivity contribution in [3.8, 4) is 5.75 Å². The van der Waals surface area contributed by atoms with E-state index in [0.29, 0.717) is 12.6 Å². The van der Waals surface area contributed by atoms with Crippen LogP contribution in [0.1, 0.15) is 43.2 Å². The van der Waals surface area contributed by atoms with Gasteiger partial charge in [-0.1, -0.05) is 12.1 Å².